The summed E-state index contributed by atoms with van der Waals surface area (Å²) in [4.78, 5) is 0. The standard InChI is InChI=1S/C14H27N3/c1-6-9-17-13(5)14(12(4)16-17)7-8-15-10-11(2)3/h11,15H,6-10H2,1-5H3. The predicted molar refractivity (Wildman–Crippen MR) is 73.4 cm³/mol. The summed E-state index contributed by atoms with van der Waals surface area (Å²) >= 11 is 0. The zero-order chi connectivity index (χ0) is 12.8. The van der Waals surface area contributed by atoms with Crippen molar-refractivity contribution in [3.63, 3.8) is 0 Å². The molecule has 0 aliphatic rings. The average Bonchev–Trinajstić information content (AvgIpc) is 2.51. The molecule has 0 aliphatic heterocycles. The molecule has 1 heterocycles. The zero-order valence-corrected chi connectivity index (χ0v) is 12.0. The first-order valence-corrected chi connectivity index (χ1v) is 6.79. The Kier molecular flexibility index (Phi) is 5.69. The first-order chi connectivity index (χ1) is 8.06. The van der Waals surface area contributed by atoms with Crippen molar-refractivity contribution >= 4 is 0 Å². The third-order valence-corrected chi connectivity index (χ3v) is 3.07. The van der Waals surface area contributed by atoms with E-state index in [1.807, 2.05) is 0 Å². The lowest BCUT2D eigenvalue weighted by Gasteiger charge is -2.08. The second kappa shape index (κ2) is 6.80. The lowest BCUT2D eigenvalue weighted by Crippen LogP contribution is -2.22. The summed E-state index contributed by atoms with van der Waals surface area (Å²) in [5.41, 5.74) is 3.97. The topological polar surface area (TPSA) is 29.9 Å². The largest absolute Gasteiger partial charge is 0.316 e. The van der Waals surface area contributed by atoms with Crippen LogP contribution in [0, 0.1) is 19.8 Å². The number of nitrogens with zero attached hydrogens (tertiary/aromatic N) is 2. The minimum atomic E-state index is 0.722. The second-order valence-electron chi connectivity index (χ2n) is 5.22. The van der Waals surface area contributed by atoms with Crippen molar-refractivity contribution in [3.8, 4) is 0 Å². The number of rotatable bonds is 7. The highest BCUT2D eigenvalue weighted by atomic mass is 15.3. The molecule has 1 aromatic heterocycles. The van der Waals surface area contributed by atoms with E-state index in [4.69, 9.17) is 0 Å². The van der Waals surface area contributed by atoms with Gasteiger partial charge in [-0.15, -0.1) is 0 Å². The number of hydrogen-bond acceptors (Lipinski definition) is 2. The first-order valence-electron chi connectivity index (χ1n) is 6.79. The number of aryl methyl sites for hydroxylation is 2. The second-order valence-corrected chi connectivity index (χ2v) is 5.22. The van der Waals surface area contributed by atoms with Gasteiger partial charge >= 0.3 is 0 Å². The summed E-state index contributed by atoms with van der Waals surface area (Å²) in [6.07, 6.45) is 2.24. The maximum atomic E-state index is 4.60. The summed E-state index contributed by atoms with van der Waals surface area (Å²) in [6, 6.07) is 0. The Labute approximate surface area is 106 Å². The molecule has 1 aromatic rings. The Bertz CT molecular complexity index is 339. The molecule has 0 aromatic carbocycles. The van der Waals surface area contributed by atoms with Gasteiger partial charge in [-0.3, -0.25) is 4.68 Å². The van der Waals surface area contributed by atoms with Crippen LogP contribution in [0.1, 0.15) is 44.1 Å². The number of nitrogens with one attached hydrogen (secondary N) is 1. The number of aromatic nitrogens is 2. The molecule has 0 spiro atoms. The smallest absolute Gasteiger partial charge is 0.0628 e. The highest BCUT2D eigenvalue weighted by Gasteiger charge is 2.10. The summed E-state index contributed by atoms with van der Waals surface area (Å²) < 4.78 is 2.15. The van der Waals surface area contributed by atoms with E-state index >= 15 is 0 Å². The lowest BCUT2D eigenvalue weighted by molar-refractivity contribution is 0.552. The van der Waals surface area contributed by atoms with Gasteiger partial charge in [0.25, 0.3) is 0 Å². The molecule has 0 radical (unpaired) electrons. The van der Waals surface area contributed by atoms with Crippen LogP contribution in [0.4, 0.5) is 0 Å². The molecule has 0 fully saturated rings. The summed E-state index contributed by atoms with van der Waals surface area (Å²) in [5, 5.41) is 8.09. The van der Waals surface area contributed by atoms with Gasteiger partial charge in [0, 0.05) is 12.2 Å². The molecule has 0 unspecified atom stereocenters. The minimum absolute atomic E-state index is 0.722. The molecular weight excluding hydrogens is 210 g/mol. The van der Waals surface area contributed by atoms with Crippen LogP contribution in [0.3, 0.4) is 0 Å². The normalized spacial score (nSPS) is 11.4. The molecule has 0 bridgehead atoms. The van der Waals surface area contributed by atoms with Gasteiger partial charge in [-0.1, -0.05) is 20.8 Å². The van der Waals surface area contributed by atoms with Crippen molar-refractivity contribution in [3.05, 3.63) is 17.0 Å². The summed E-state index contributed by atoms with van der Waals surface area (Å²) in [7, 11) is 0. The van der Waals surface area contributed by atoms with Gasteiger partial charge in [-0.2, -0.15) is 5.10 Å². The average molecular weight is 237 g/mol. The van der Waals surface area contributed by atoms with Crippen molar-refractivity contribution in [2.45, 2.75) is 54.0 Å². The third kappa shape index (κ3) is 4.15. The van der Waals surface area contributed by atoms with Crippen molar-refractivity contribution in [2.75, 3.05) is 13.1 Å². The Balaban J connectivity index is 2.52. The SMILES string of the molecule is CCCn1nc(C)c(CCNCC(C)C)c1C. The zero-order valence-electron chi connectivity index (χ0n) is 12.0. The van der Waals surface area contributed by atoms with Gasteiger partial charge in [-0.05, 0) is 51.3 Å². The Hall–Kier alpha value is -0.830. The molecule has 3 heteroatoms. The van der Waals surface area contributed by atoms with E-state index in [0.717, 1.165) is 38.4 Å². The van der Waals surface area contributed by atoms with Crippen LogP contribution in [-0.2, 0) is 13.0 Å². The molecule has 3 nitrogen and oxygen atoms in total. The molecular formula is C14H27N3. The monoisotopic (exact) mass is 237 g/mol. The van der Waals surface area contributed by atoms with Crippen LogP contribution in [0.2, 0.25) is 0 Å². The van der Waals surface area contributed by atoms with Crippen LogP contribution in [-0.4, -0.2) is 22.9 Å². The quantitative estimate of drug-likeness (QED) is 0.739. The summed E-state index contributed by atoms with van der Waals surface area (Å²) in [6.45, 7) is 14.2. The molecule has 98 valence electrons. The van der Waals surface area contributed by atoms with Gasteiger partial charge in [0.05, 0.1) is 5.69 Å². The van der Waals surface area contributed by atoms with Crippen LogP contribution in [0.5, 0.6) is 0 Å². The fraction of sp³-hybridized carbons (Fsp3) is 0.786. The lowest BCUT2D eigenvalue weighted by atomic mass is 10.1. The van der Waals surface area contributed by atoms with E-state index in [1.54, 1.807) is 0 Å². The van der Waals surface area contributed by atoms with Crippen molar-refractivity contribution < 1.29 is 0 Å². The van der Waals surface area contributed by atoms with Gasteiger partial charge in [0.15, 0.2) is 0 Å². The van der Waals surface area contributed by atoms with Gasteiger partial charge in [0.2, 0.25) is 0 Å². The Morgan fingerprint density at radius 3 is 2.59 bits per heavy atom. The van der Waals surface area contributed by atoms with E-state index in [1.165, 1.54) is 17.0 Å². The molecule has 0 aliphatic carbocycles. The minimum Gasteiger partial charge on any atom is -0.316 e. The van der Waals surface area contributed by atoms with E-state index in [2.05, 4.69) is 49.7 Å². The van der Waals surface area contributed by atoms with E-state index in [9.17, 15) is 0 Å². The Morgan fingerprint density at radius 2 is 2.00 bits per heavy atom. The van der Waals surface area contributed by atoms with E-state index < -0.39 is 0 Å². The van der Waals surface area contributed by atoms with Gasteiger partial charge in [-0.25, -0.2) is 0 Å². The molecule has 0 saturated heterocycles. The van der Waals surface area contributed by atoms with Crippen LogP contribution in [0.15, 0.2) is 0 Å². The van der Waals surface area contributed by atoms with E-state index in [0.29, 0.717) is 0 Å². The predicted octanol–water partition coefficient (Wildman–Crippen LogP) is 2.70. The summed E-state index contributed by atoms with van der Waals surface area (Å²) in [5.74, 6) is 0.722. The molecule has 1 rings (SSSR count). The fourth-order valence-electron chi connectivity index (χ4n) is 2.13. The molecule has 17 heavy (non-hydrogen) atoms. The van der Waals surface area contributed by atoms with Crippen LogP contribution < -0.4 is 5.32 Å². The van der Waals surface area contributed by atoms with Crippen LogP contribution in [0.25, 0.3) is 0 Å². The van der Waals surface area contributed by atoms with Gasteiger partial charge < -0.3 is 5.32 Å². The highest BCUT2D eigenvalue weighted by molar-refractivity contribution is 5.24. The first kappa shape index (κ1) is 14.2. The van der Waals surface area contributed by atoms with Crippen molar-refractivity contribution in [2.24, 2.45) is 5.92 Å². The molecule has 0 amide bonds. The number of hydrogen-bond donors (Lipinski definition) is 1. The highest BCUT2D eigenvalue weighted by Crippen LogP contribution is 2.13. The maximum absolute atomic E-state index is 4.60. The van der Waals surface area contributed by atoms with Crippen molar-refractivity contribution in [1.29, 1.82) is 0 Å². The molecule has 0 atom stereocenters. The Morgan fingerprint density at radius 1 is 1.29 bits per heavy atom. The van der Waals surface area contributed by atoms with Gasteiger partial charge in [0.1, 0.15) is 0 Å². The fourth-order valence-corrected chi connectivity index (χ4v) is 2.13. The van der Waals surface area contributed by atoms with Crippen LogP contribution >= 0.6 is 0 Å². The molecule has 0 saturated carbocycles. The maximum Gasteiger partial charge on any atom is 0.0628 e. The van der Waals surface area contributed by atoms with Crippen molar-refractivity contribution in [1.82, 2.24) is 15.1 Å². The van der Waals surface area contributed by atoms with E-state index in [-0.39, 0.29) is 0 Å². The third-order valence-electron chi connectivity index (χ3n) is 3.07. The molecule has 1 N–H and O–H groups in total.